The van der Waals surface area contributed by atoms with Crippen molar-refractivity contribution < 1.29 is 73.6 Å². The van der Waals surface area contributed by atoms with Crippen LogP contribution in [0.1, 0.15) is 22.3 Å². The second-order valence-electron chi connectivity index (χ2n) is 22.7. The largest absolute Gasteiger partial charge is 0.501 e. The molecule has 12 heteroatoms. The van der Waals surface area contributed by atoms with Crippen molar-refractivity contribution in [3.63, 3.8) is 0 Å². The zero-order valence-corrected chi connectivity index (χ0v) is 62.0. The Morgan fingerprint density at radius 2 is 0.630 bits per heavy atom. The topological polar surface area (TPSA) is 117 Å². The van der Waals surface area contributed by atoms with Gasteiger partial charge in [0.2, 0.25) is 0 Å². The average molecular weight is 1830 g/mol. The van der Waals surface area contributed by atoms with Crippen molar-refractivity contribution in [3.05, 3.63) is 363 Å². The molecule has 9 nitrogen and oxygen atoms in total. The molecule has 0 aliphatic carbocycles. The maximum absolute atomic E-state index is 6.14. The Bertz CT molecular complexity index is 5280. The standard InChI is InChI=1S/C19H14NO.2C17H10NO.2C12H10N.C11H8N.3Ir/c1-12-9-10-20-17(11-12)16-8-4-7-15-14-6-3-5-13(2)18(14)21-19(15)16;2*1-2-10-16-12(6-1)13-7-5-8-14(17(13)19-16)15-9-3-4-11-18-15;2*1-10-7-8-12(13-9-10)11-5-3-2-4-6-11;1-2-6-10(7-3-1)11-8-4-5-9-12-11;;;/h3-7,9-11H,1-2H3;2*1-7,9-11H;2*2-5,7-9H,1H3;1-6,8-9H;;;/q6*-1;;;. The van der Waals surface area contributed by atoms with Crippen molar-refractivity contribution in [1.29, 1.82) is 0 Å². The first-order valence-electron chi connectivity index (χ1n) is 31.7. The van der Waals surface area contributed by atoms with Crippen LogP contribution >= 0.6 is 0 Å². The number of nitrogens with zero attached hydrogens (tertiary/aromatic N) is 6. The molecule has 0 atom stereocenters. The van der Waals surface area contributed by atoms with Gasteiger partial charge in [-0.25, -0.2) is 0 Å². The molecule has 0 saturated carbocycles. The van der Waals surface area contributed by atoms with Gasteiger partial charge in [0, 0.05) is 114 Å². The summed E-state index contributed by atoms with van der Waals surface area (Å²) in [6.45, 7) is 8.20. The number of aromatic nitrogens is 6. The third kappa shape index (κ3) is 17.4. The molecule has 0 aliphatic rings. The monoisotopic (exact) mass is 1830 g/mol. The maximum Gasteiger partial charge on any atom is 0.123 e. The maximum atomic E-state index is 6.14. The summed E-state index contributed by atoms with van der Waals surface area (Å²) in [6.07, 6.45) is 10.9. The van der Waals surface area contributed by atoms with E-state index >= 15 is 0 Å². The van der Waals surface area contributed by atoms with Gasteiger partial charge >= 0.3 is 0 Å². The minimum absolute atomic E-state index is 0. The number of pyridine rings is 6. The van der Waals surface area contributed by atoms with E-state index in [-0.39, 0.29) is 60.3 Å². The molecular formula is C88H62Ir3N6O3-6. The summed E-state index contributed by atoms with van der Waals surface area (Å²) in [5, 5.41) is 6.73. The number of rotatable bonds is 6. The van der Waals surface area contributed by atoms with E-state index in [2.05, 4.69) is 135 Å². The molecule has 0 fully saturated rings. The molecule has 3 radical (unpaired) electrons. The molecule has 0 N–H and O–H groups in total. The fraction of sp³-hybridized carbons (Fsp3) is 0.0455. The summed E-state index contributed by atoms with van der Waals surface area (Å²) < 4.78 is 18.1. The Morgan fingerprint density at radius 3 is 1.05 bits per heavy atom. The van der Waals surface area contributed by atoms with Crippen LogP contribution < -0.4 is 0 Å². The van der Waals surface area contributed by atoms with Crippen molar-refractivity contribution in [1.82, 2.24) is 29.9 Å². The molecule has 9 aromatic carbocycles. The third-order valence-electron chi connectivity index (χ3n) is 15.8. The Labute approximate surface area is 622 Å². The molecule has 0 unspecified atom stereocenters. The Kier molecular flexibility index (Phi) is 25.3. The molecule has 18 rings (SSSR count). The van der Waals surface area contributed by atoms with Crippen molar-refractivity contribution in [2.75, 3.05) is 0 Å². The number of hydrogen-bond donors (Lipinski definition) is 0. The molecular weight excluding hydrogens is 1770 g/mol. The smallest absolute Gasteiger partial charge is 0.123 e. The first kappa shape index (κ1) is 72.0. The summed E-state index contributed by atoms with van der Waals surface area (Å²) in [6, 6.07) is 107. The number of para-hydroxylation sites is 3. The predicted octanol–water partition coefficient (Wildman–Crippen LogP) is 22.2. The van der Waals surface area contributed by atoms with Gasteiger partial charge in [0.15, 0.2) is 0 Å². The summed E-state index contributed by atoms with van der Waals surface area (Å²) in [5.41, 5.74) is 21.4. The van der Waals surface area contributed by atoms with E-state index in [1.165, 1.54) is 16.7 Å². The molecule has 9 heterocycles. The van der Waals surface area contributed by atoms with E-state index in [9.17, 15) is 0 Å². The van der Waals surface area contributed by atoms with Gasteiger partial charge in [-0.2, -0.15) is 0 Å². The van der Waals surface area contributed by atoms with E-state index in [0.29, 0.717) is 0 Å². The quantitative estimate of drug-likeness (QED) is 0.150. The van der Waals surface area contributed by atoms with Crippen LogP contribution in [0.3, 0.4) is 0 Å². The Balaban J connectivity index is 0.000000130. The summed E-state index contributed by atoms with van der Waals surface area (Å²) in [5.74, 6) is 0. The normalized spacial score (nSPS) is 10.4. The Morgan fingerprint density at radius 1 is 0.250 bits per heavy atom. The number of hydrogen-bond acceptors (Lipinski definition) is 9. The molecule has 0 aliphatic heterocycles. The van der Waals surface area contributed by atoms with Crippen LogP contribution in [0.15, 0.2) is 317 Å². The SMILES string of the molecule is Cc1ccc(-c2[c-]cccc2)nc1.Cc1ccc(-c2[c-]cccc2)nc1.Cc1ccnc(-c2[c-]ccc3c2oc2c(C)cccc23)c1.[Ir].[Ir].[Ir].[c-]1ccc2c(oc3ccccc32)c1-c1ccccn1.[c-]1ccc2c(oc3ccccc32)c1-c1ccccn1.[c-]1ccccc1-c1ccccn1. The number of furan rings is 3. The van der Waals surface area contributed by atoms with Crippen LogP contribution in [-0.2, 0) is 60.3 Å². The van der Waals surface area contributed by atoms with Crippen LogP contribution in [0.25, 0.3) is 133 Å². The van der Waals surface area contributed by atoms with Crippen LogP contribution in [0.2, 0.25) is 0 Å². The van der Waals surface area contributed by atoms with Gasteiger partial charge in [0.25, 0.3) is 0 Å². The van der Waals surface area contributed by atoms with Gasteiger partial charge in [-0.1, -0.05) is 160 Å². The van der Waals surface area contributed by atoms with E-state index in [4.69, 9.17) is 13.3 Å². The molecule has 18 aromatic rings. The van der Waals surface area contributed by atoms with Gasteiger partial charge in [0.1, 0.15) is 16.7 Å². The molecule has 0 amide bonds. The van der Waals surface area contributed by atoms with Gasteiger partial charge in [-0.05, 0) is 115 Å². The predicted molar refractivity (Wildman–Crippen MR) is 392 cm³/mol. The van der Waals surface area contributed by atoms with Crippen molar-refractivity contribution in [3.8, 4) is 67.5 Å². The zero-order valence-electron chi connectivity index (χ0n) is 54.8. The van der Waals surface area contributed by atoms with E-state index in [1.54, 1.807) is 18.6 Å². The Hall–Kier alpha value is -10.8. The van der Waals surface area contributed by atoms with Crippen molar-refractivity contribution >= 4 is 65.8 Å². The van der Waals surface area contributed by atoms with Crippen molar-refractivity contribution in [2.45, 2.75) is 27.7 Å². The van der Waals surface area contributed by atoms with Crippen LogP contribution in [0, 0.1) is 64.1 Å². The molecule has 0 saturated heterocycles. The number of aryl methyl sites for hydroxylation is 4. The zero-order chi connectivity index (χ0) is 66.1. The van der Waals surface area contributed by atoms with Gasteiger partial charge in [-0.15, -0.1) is 162 Å². The second-order valence-corrected chi connectivity index (χ2v) is 22.7. The number of fused-ring (bicyclic) bond motifs is 9. The first-order chi connectivity index (χ1) is 47.8. The van der Waals surface area contributed by atoms with Crippen LogP contribution in [0.4, 0.5) is 0 Å². The van der Waals surface area contributed by atoms with E-state index in [0.717, 1.165) is 139 Å². The second kappa shape index (κ2) is 35.1. The molecule has 0 spiro atoms. The van der Waals surface area contributed by atoms with Gasteiger partial charge < -0.3 is 43.2 Å². The molecule has 0 bridgehead atoms. The summed E-state index contributed by atoms with van der Waals surface area (Å²) in [4.78, 5) is 26.1. The number of benzene rings is 9. The summed E-state index contributed by atoms with van der Waals surface area (Å²) in [7, 11) is 0. The van der Waals surface area contributed by atoms with Crippen LogP contribution in [-0.4, -0.2) is 29.9 Å². The fourth-order valence-electron chi connectivity index (χ4n) is 11.0. The molecule has 495 valence electrons. The molecule has 9 aromatic heterocycles. The van der Waals surface area contributed by atoms with E-state index in [1.807, 2.05) is 245 Å². The van der Waals surface area contributed by atoms with E-state index < -0.39 is 0 Å². The average Bonchev–Trinajstić information content (AvgIpc) is 1.63. The molecule has 100 heavy (non-hydrogen) atoms. The van der Waals surface area contributed by atoms with Gasteiger partial charge in [0.05, 0.1) is 16.7 Å². The van der Waals surface area contributed by atoms with Gasteiger partial charge in [-0.3, -0.25) is 0 Å². The van der Waals surface area contributed by atoms with Crippen molar-refractivity contribution in [2.24, 2.45) is 0 Å². The fourth-order valence-corrected chi connectivity index (χ4v) is 11.0. The minimum atomic E-state index is 0. The third-order valence-corrected chi connectivity index (χ3v) is 15.8. The first-order valence-corrected chi connectivity index (χ1v) is 31.7. The van der Waals surface area contributed by atoms with Crippen LogP contribution in [0.5, 0.6) is 0 Å². The minimum Gasteiger partial charge on any atom is -0.501 e. The summed E-state index contributed by atoms with van der Waals surface area (Å²) >= 11 is 0.